The molecule has 2 aromatic rings. The van der Waals surface area contributed by atoms with Gasteiger partial charge in [-0.15, -0.1) is 0 Å². The lowest BCUT2D eigenvalue weighted by Crippen LogP contribution is -2.20. The summed E-state index contributed by atoms with van der Waals surface area (Å²) in [6, 6.07) is 12.7. The van der Waals surface area contributed by atoms with Gasteiger partial charge in [-0.3, -0.25) is 9.59 Å². The molecular formula is C19H22N2O3. The van der Waals surface area contributed by atoms with Crippen molar-refractivity contribution in [1.29, 1.82) is 0 Å². The minimum atomic E-state index is -0.257. The van der Waals surface area contributed by atoms with E-state index in [1.165, 1.54) is 5.56 Å². The van der Waals surface area contributed by atoms with Crippen molar-refractivity contribution < 1.29 is 14.3 Å². The fourth-order valence-corrected chi connectivity index (χ4v) is 2.07. The van der Waals surface area contributed by atoms with E-state index >= 15 is 0 Å². The molecule has 0 aliphatic heterocycles. The zero-order valence-electron chi connectivity index (χ0n) is 14.2. The number of carbonyl (C=O) groups excluding carboxylic acids is 2. The Morgan fingerprint density at radius 2 is 1.58 bits per heavy atom. The normalized spacial score (nSPS) is 10.1. The molecule has 126 valence electrons. The first-order valence-electron chi connectivity index (χ1n) is 7.87. The zero-order valence-corrected chi connectivity index (χ0v) is 14.2. The van der Waals surface area contributed by atoms with Gasteiger partial charge in [0, 0.05) is 17.8 Å². The van der Waals surface area contributed by atoms with E-state index in [2.05, 4.69) is 10.6 Å². The Morgan fingerprint density at radius 1 is 0.917 bits per heavy atom. The summed E-state index contributed by atoms with van der Waals surface area (Å²) < 4.78 is 5.51. The van der Waals surface area contributed by atoms with E-state index < -0.39 is 0 Å². The third-order valence-electron chi connectivity index (χ3n) is 3.60. The van der Waals surface area contributed by atoms with Gasteiger partial charge in [0.05, 0.1) is 0 Å². The predicted octanol–water partition coefficient (Wildman–Crippen LogP) is 3.67. The molecule has 24 heavy (non-hydrogen) atoms. The van der Waals surface area contributed by atoms with Crippen LogP contribution >= 0.6 is 0 Å². The standard InChI is InChI=1S/C19H22N2O3/c1-4-18(22)20-15-6-5-7-16(11-15)21-19(23)12-24-17-9-8-13(2)14(3)10-17/h5-11H,4,12H2,1-3H3,(H,20,22)(H,21,23). The molecule has 2 amide bonds. The lowest BCUT2D eigenvalue weighted by atomic mass is 10.1. The van der Waals surface area contributed by atoms with Gasteiger partial charge < -0.3 is 15.4 Å². The smallest absolute Gasteiger partial charge is 0.262 e. The maximum Gasteiger partial charge on any atom is 0.262 e. The van der Waals surface area contributed by atoms with Crippen LogP contribution in [0.1, 0.15) is 24.5 Å². The molecule has 0 radical (unpaired) electrons. The Morgan fingerprint density at radius 3 is 2.21 bits per heavy atom. The van der Waals surface area contributed by atoms with Crippen LogP contribution in [0, 0.1) is 13.8 Å². The summed E-state index contributed by atoms with van der Waals surface area (Å²) in [6.07, 6.45) is 0.403. The molecule has 0 heterocycles. The van der Waals surface area contributed by atoms with Gasteiger partial charge in [0.1, 0.15) is 5.75 Å². The maximum atomic E-state index is 12.0. The van der Waals surface area contributed by atoms with Crippen molar-refractivity contribution in [3.05, 3.63) is 53.6 Å². The number of benzene rings is 2. The highest BCUT2D eigenvalue weighted by molar-refractivity contribution is 5.94. The predicted molar refractivity (Wildman–Crippen MR) is 95.4 cm³/mol. The number of amides is 2. The number of ether oxygens (including phenoxy) is 1. The number of anilines is 2. The number of carbonyl (C=O) groups is 2. The van der Waals surface area contributed by atoms with Crippen LogP contribution in [-0.2, 0) is 9.59 Å². The first kappa shape index (κ1) is 17.5. The van der Waals surface area contributed by atoms with E-state index in [9.17, 15) is 9.59 Å². The van der Waals surface area contributed by atoms with Crippen LogP contribution in [0.3, 0.4) is 0 Å². The number of hydrogen-bond acceptors (Lipinski definition) is 3. The molecule has 5 nitrogen and oxygen atoms in total. The quantitative estimate of drug-likeness (QED) is 0.851. The Hall–Kier alpha value is -2.82. The Labute approximate surface area is 142 Å². The second kappa shape index (κ2) is 8.15. The van der Waals surface area contributed by atoms with Crippen LogP contribution in [0.2, 0.25) is 0 Å². The third-order valence-corrected chi connectivity index (χ3v) is 3.60. The molecule has 0 spiro atoms. The van der Waals surface area contributed by atoms with Crippen LogP contribution in [0.25, 0.3) is 0 Å². The van der Waals surface area contributed by atoms with E-state index in [1.807, 2.05) is 32.0 Å². The minimum absolute atomic E-state index is 0.0726. The molecule has 0 bridgehead atoms. The molecule has 0 saturated carbocycles. The third kappa shape index (κ3) is 5.12. The van der Waals surface area contributed by atoms with Crippen molar-refractivity contribution in [2.75, 3.05) is 17.2 Å². The van der Waals surface area contributed by atoms with Crippen molar-refractivity contribution in [3.63, 3.8) is 0 Å². The summed E-state index contributed by atoms with van der Waals surface area (Å²) in [6.45, 7) is 5.73. The van der Waals surface area contributed by atoms with Crippen molar-refractivity contribution >= 4 is 23.2 Å². The highest BCUT2D eigenvalue weighted by Gasteiger charge is 2.06. The van der Waals surface area contributed by atoms with Gasteiger partial charge in [-0.1, -0.05) is 19.1 Å². The molecule has 0 fully saturated rings. The number of hydrogen-bond donors (Lipinski definition) is 2. The van der Waals surface area contributed by atoms with Crippen LogP contribution in [0.5, 0.6) is 5.75 Å². The van der Waals surface area contributed by atoms with Gasteiger partial charge in [-0.25, -0.2) is 0 Å². The van der Waals surface area contributed by atoms with Gasteiger partial charge in [0.2, 0.25) is 5.91 Å². The molecule has 0 aromatic heterocycles. The summed E-state index contributed by atoms with van der Waals surface area (Å²) in [5.41, 5.74) is 3.55. The molecule has 0 aliphatic rings. The summed E-state index contributed by atoms with van der Waals surface area (Å²) >= 11 is 0. The van der Waals surface area contributed by atoms with Gasteiger partial charge >= 0.3 is 0 Å². The minimum Gasteiger partial charge on any atom is -0.484 e. The fourth-order valence-electron chi connectivity index (χ4n) is 2.07. The lowest BCUT2D eigenvalue weighted by molar-refractivity contribution is -0.118. The first-order chi connectivity index (χ1) is 11.5. The second-order valence-electron chi connectivity index (χ2n) is 5.57. The summed E-state index contributed by atoms with van der Waals surface area (Å²) in [5, 5.41) is 5.51. The summed E-state index contributed by atoms with van der Waals surface area (Å²) in [4.78, 5) is 23.4. The van der Waals surface area contributed by atoms with Crippen molar-refractivity contribution in [3.8, 4) is 5.75 Å². The molecule has 5 heteroatoms. The Balaban J connectivity index is 1.91. The van der Waals surface area contributed by atoms with Gasteiger partial charge in [-0.2, -0.15) is 0 Å². The molecule has 0 aliphatic carbocycles. The van der Waals surface area contributed by atoms with Gasteiger partial charge in [0.25, 0.3) is 5.91 Å². The van der Waals surface area contributed by atoms with Crippen LogP contribution in [0.15, 0.2) is 42.5 Å². The molecule has 2 rings (SSSR count). The number of aryl methyl sites for hydroxylation is 2. The molecule has 0 atom stereocenters. The van der Waals surface area contributed by atoms with Crippen LogP contribution in [0.4, 0.5) is 11.4 Å². The molecule has 0 saturated heterocycles. The highest BCUT2D eigenvalue weighted by atomic mass is 16.5. The van der Waals surface area contributed by atoms with Crippen molar-refractivity contribution in [2.24, 2.45) is 0 Å². The summed E-state index contributed by atoms with van der Waals surface area (Å²) in [5.74, 6) is 0.334. The first-order valence-corrected chi connectivity index (χ1v) is 7.87. The lowest BCUT2D eigenvalue weighted by Gasteiger charge is -2.10. The second-order valence-corrected chi connectivity index (χ2v) is 5.57. The Bertz CT molecular complexity index is 741. The largest absolute Gasteiger partial charge is 0.484 e. The number of rotatable bonds is 6. The average molecular weight is 326 g/mol. The van der Waals surface area contributed by atoms with E-state index in [0.29, 0.717) is 23.5 Å². The fraction of sp³-hybridized carbons (Fsp3) is 0.263. The molecule has 0 unspecified atom stereocenters. The SMILES string of the molecule is CCC(=O)Nc1cccc(NC(=O)COc2ccc(C)c(C)c2)c1. The van der Waals surface area contributed by atoms with E-state index in [-0.39, 0.29) is 18.4 Å². The van der Waals surface area contributed by atoms with Crippen LogP contribution in [-0.4, -0.2) is 18.4 Å². The maximum absolute atomic E-state index is 12.0. The zero-order chi connectivity index (χ0) is 17.5. The van der Waals surface area contributed by atoms with Gasteiger partial charge in [-0.05, 0) is 55.3 Å². The van der Waals surface area contributed by atoms with Crippen molar-refractivity contribution in [1.82, 2.24) is 0 Å². The topological polar surface area (TPSA) is 67.4 Å². The Kier molecular flexibility index (Phi) is 5.95. The van der Waals surface area contributed by atoms with Crippen molar-refractivity contribution in [2.45, 2.75) is 27.2 Å². The monoisotopic (exact) mass is 326 g/mol. The highest BCUT2D eigenvalue weighted by Crippen LogP contribution is 2.17. The van der Waals surface area contributed by atoms with Gasteiger partial charge in [0.15, 0.2) is 6.61 Å². The van der Waals surface area contributed by atoms with E-state index in [1.54, 1.807) is 31.2 Å². The molecular weight excluding hydrogens is 304 g/mol. The summed E-state index contributed by atoms with van der Waals surface area (Å²) in [7, 11) is 0. The van der Waals surface area contributed by atoms with E-state index in [4.69, 9.17) is 4.74 Å². The molecule has 2 N–H and O–H groups in total. The number of nitrogens with one attached hydrogen (secondary N) is 2. The van der Waals surface area contributed by atoms with E-state index in [0.717, 1.165) is 5.56 Å². The molecule has 2 aromatic carbocycles. The van der Waals surface area contributed by atoms with Crippen LogP contribution < -0.4 is 15.4 Å². The average Bonchev–Trinajstić information content (AvgIpc) is 2.56.